The molecule has 0 spiro atoms. The molecule has 4 heteroatoms. The van der Waals surface area contributed by atoms with E-state index in [0.29, 0.717) is 12.3 Å². The molecule has 1 aliphatic carbocycles. The standard InChI is InChI=1S/C17H20FN3/c1-2-8-19-16-11-15(13-6-7-13)20-17(21-16)10-12-4-3-5-14(18)9-12/h3-5,9,11,13H,2,6-8,10H2,1H3,(H,19,20,21). The Balaban J connectivity index is 1.84. The summed E-state index contributed by atoms with van der Waals surface area (Å²) < 4.78 is 13.3. The van der Waals surface area contributed by atoms with Crippen LogP contribution in [0.5, 0.6) is 0 Å². The van der Waals surface area contributed by atoms with Gasteiger partial charge in [0, 0.05) is 30.6 Å². The van der Waals surface area contributed by atoms with E-state index in [2.05, 4.69) is 28.3 Å². The molecule has 1 aromatic heterocycles. The second-order valence-electron chi connectivity index (χ2n) is 5.60. The average molecular weight is 285 g/mol. The topological polar surface area (TPSA) is 37.8 Å². The fourth-order valence-corrected chi connectivity index (χ4v) is 2.36. The second kappa shape index (κ2) is 6.20. The minimum absolute atomic E-state index is 0.213. The quantitative estimate of drug-likeness (QED) is 0.874. The third kappa shape index (κ3) is 3.78. The molecule has 21 heavy (non-hydrogen) atoms. The van der Waals surface area contributed by atoms with E-state index in [4.69, 9.17) is 0 Å². The Hall–Kier alpha value is -1.97. The van der Waals surface area contributed by atoms with Crippen LogP contribution in [0.25, 0.3) is 0 Å². The lowest BCUT2D eigenvalue weighted by Crippen LogP contribution is -2.07. The monoisotopic (exact) mass is 285 g/mol. The normalized spacial score (nSPS) is 14.2. The summed E-state index contributed by atoms with van der Waals surface area (Å²) in [6.07, 6.45) is 4.05. The van der Waals surface area contributed by atoms with Crippen LogP contribution in [0.3, 0.4) is 0 Å². The van der Waals surface area contributed by atoms with Gasteiger partial charge in [0.15, 0.2) is 0 Å². The van der Waals surface area contributed by atoms with Crippen molar-refractivity contribution in [2.24, 2.45) is 0 Å². The zero-order chi connectivity index (χ0) is 14.7. The number of rotatable bonds is 6. The molecular weight excluding hydrogens is 265 g/mol. The van der Waals surface area contributed by atoms with Crippen molar-refractivity contribution in [3.8, 4) is 0 Å². The van der Waals surface area contributed by atoms with Crippen molar-refractivity contribution in [3.63, 3.8) is 0 Å². The first-order valence-electron chi connectivity index (χ1n) is 7.61. The summed E-state index contributed by atoms with van der Waals surface area (Å²) in [5.74, 6) is 2.03. The molecule has 0 unspecified atom stereocenters. The van der Waals surface area contributed by atoms with Gasteiger partial charge in [0.2, 0.25) is 0 Å². The van der Waals surface area contributed by atoms with E-state index in [1.165, 1.54) is 18.9 Å². The predicted octanol–water partition coefficient (Wildman–Crippen LogP) is 3.91. The van der Waals surface area contributed by atoms with Crippen LogP contribution >= 0.6 is 0 Å². The Bertz CT molecular complexity index is 623. The summed E-state index contributed by atoms with van der Waals surface area (Å²) in [5, 5.41) is 3.33. The Morgan fingerprint density at radius 2 is 2.10 bits per heavy atom. The molecule has 2 aromatic rings. The Morgan fingerprint density at radius 1 is 1.24 bits per heavy atom. The van der Waals surface area contributed by atoms with Crippen molar-refractivity contribution in [1.82, 2.24) is 9.97 Å². The van der Waals surface area contributed by atoms with Gasteiger partial charge in [0.1, 0.15) is 17.5 Å². The Kier molecular flexibility index (Phi) is 4.13. The highest BCUT2D eigenvalue weighted by Gasteiger charge is 2.26. The summed E-state index contributed by atoms with van der Waals surface area (Å²) in [7, 11) is 0. The number of hydrogen-bond acceptors (Lipinski definition) is 3. The molecule has 3 rings (SSSR count). The van der Waals surface area contributed by atoms with Gasteiger partial charge in [-0.25, -0.2) is 14.4 Å². The van der Waals surface area contributed by atoms with Crippen molar-refractivity contribution < 1.29 is 4.39 Å². The Labute approximate surface area is 124 Å². The molecule has 1 aromatic carbocycles. The average Bonchev–Trinajstić information content (AvgIpc) is 3.29. The van der Waals surface area contributed by atoms with E-state index >= 15 is 0 Å². The molecule has 1 saturated carbocycles. The fraction of sp³-hybridized carbons (Fsp3) is 0.412. The molecule has 0 amide bonds. The molecule has 110 valence electrons. The van der Waals surface area contributed by atoms with Gasteiger partial charge >= 0.3 is 0 Å². The minimum atomic E-state index is -0.213. The lowest BCUT2D eigenvalue weighted by Gasteiger charge is -2.09. The maximum Gasteiger partial charge on any atom is 0.135 e. The highest BCUT2D eigenvalue weighted by molar-refractivity contribution is 5.38. The van der Waals surface area contributed by atoms with Crippen molar-refractivity contribution in [3.05, 3.63) is 53.2 Å². The first-order valence-corrected chi connectivity index (χ1v) is 7.61. The van der Waals surface area contributed by atoms with Crippen molar-refractivity contribution in [1.29, 1.82) is 0 Å². The van der Waals surface area contributed by atoms with Gasteiger partial charge in [-0.05, 0) is 37.0 Å². The number of aromatic nitrogens is 2. The molecule has 1 heterocycles. The van der Waals surface area contributed by atoms with Crippen LogP contribution < -0.4 is 5.32 Å². The zero-order valence-electron chi connectivity index (χ0n) is 12.3. The van der Waals surface area contributed by atoms with Crippen LogP contribution in [-0.4, -0.2) is 16.5 Å². The summed E-state index contributed by atoms with van der Waals surface area (Å²) in [6, 6.07) is 8.70. The minimum Gasteiger partial charge on any atom is -0.370 e. The van der Waals surface area contributed by atoms with E-state index in [-0.39, 0.29) is 5.82 Å². The van der Waals surface area contributed by atoms with Crippen molar-refractivity contribution >= 4 is 5.82 Å². The van der Waals surface area contributed by atoms with Gasteiger partial charge in [0.25, 0.3) is 0 Å². The van der Waals surface area contributed by atoms with Gasteiger partial charge < -0.3 is 5.32 Å². The summed E-state index contributed by atoms with van der Waals surface area (Å²) in [4.78, 5) is 9.22. The predicted molar refractivity (Wildman–Crippen MR) is 82.0 cm³/mol. The van der Waals surface area contributed by atoms with Gasteiger partial charge in [-0.1, -0.05) is 19.1 Å². The highest BCUT2D eigenvalue weighted by Crippen LogP contribution is 2.39. The van der Waals surface area contributed by atoms with Crippen LogP contribution in [0, 0.1) is 5.82 Å². The molecule has 1 N–H and O–H groups in total. The molecule has 3 nitrogen and oxygen atoms in total. The van der Waals surface area contributed by atoms with Crippen LogP contribution in [0.4, 0.5) is 10.2 Å². The number of nitrogens with one attached hydrogen (secondary N) is 1. The SMILES string of the molecule is CCCNc1cc(C2CC2)nc(Cc2cccc(F)c2)n1. The fourth-order valence-electron chi connectivity index (χ4n) is 2.36. The molecule has 0 atom stereocenters. The van der Waals surface area contributed by atoms with Gasteiger partial charge in [-0.3, -0.25) is 0 Å². The maximum atomic E-state index is 13.3. The van der Waals surface area contributed by atoms with Gasteiger partial charge in [-0.15, -0.1) is 0 Å². The van der Waals surface area contributed by atoms with E-state index in [1.54, 1.807) is 12.1 Å². The lowest BCUT2D eigenvalue weighted by molar-refractivity contribution is 0.625. The molecule has 0 bridgehead atoms. The molecule has 1 aliphatic rings. The first kappa shape index (κ1) is 14.0. The van der Waals surface area contributed by atoms with E-state index in [9.17, 15) is 4.39 Å². The number of hydrogen-bond donors (Lipinski definition) is 1. The molecule has 0 radical (unpaired) electrons. The summed E-state index contributed by atoms with van der Waals surface area (Å²) >= 11 is 0. The van der Waals surface area contributed by atoms with Crippen molar-refractivity contribution in [2.45, 2.75) is 38.5 Å². The Morgan fingerprint density at radius 3 is 2.81 bits per heavy atom. The highest BCUT2D eigenvalue weighted by atomic mass is 19.1. The van der Waals surface area contributed by atoms with Gasteiger partial charge in [0.05, 0.1) is 0 Å². The van der Waals surface area contributed by atoms with E-state index in [0.717, 1.165) is 35.9 Å². The zero-order valence-corrected chi connectivity index (χ0v) is 12.3. The van der Waals surface area contributed by atoms with Crippen LogP contribution in [0.15, 0.2) is 30.3 Å². The maximum absolute atomic E-state index is 13.3. The van der Waals surface area contributed by atoms with Crippen molar-refractivity contribution in [2.75, 3.05) is 11.9 Å². The van der Waals surface area contributed by atoms with E-state index in [1.807, 2.05) is 6.07 Å². The van der Waals surface area contributed by atoms with Crippen LogP contribution in [0.2, 0.25) is 0 Å². The molecule has 0 saturated heterocycles. The smallest absolute Gasteiger partial charge is 0.135 e. The second-order valence-corrected chi connectivity index (χ2v) is 5.60. The third-order valence-corrected chi connectivity index (χ3v) is 3.60. The largest absolute Gasteiger partial charge is 0.370 e. The first-order chi connectivity index (χ1) is 10.2. The molecular formula is C17H20FN3. The molecule has 1 fully saturated rings. The number of anilines is 1. The van der Waals surface area contributed by atoms with Gasteiger partial charge in [-0.2, -0.15) is 0 Å². The number of nitrogens with zero attached hydrogens (tertiary/aromatic N) is 2. The lowest BCUT2D eigenvalue weighted by atomic mass is 10.1. The van der Waals surface area contributed by atoms with E-state index < -0.39 is 0 Å². The van der Waals surface area contributed by atoms with Crippen LogP contribution in [-0.2, 0) is 6.42 Å². The number of benzene rings is 1. The number of halogens is 1. The van der Waals surface area contributed by atoms with Crippen LogP contribution in [0.1, 0.15) is 49.2 Å². The third-order valence-electron chi connectivity index (χ3n) is 3.60. The summed E-state index contributed by atoms with van der Waals surface area (Å²) in [5.41, 5.74) is 2.03. The molecule has 0 aliphatic heterocycles. The summed E-state index contributed by atoms with van der Waals surface area (Å²) in [6.45, 7) is 3.03.